The monoisotopic (exact) mass is 238 g/mol. The molecule has 1 aromatic carbocycles. The Hall–Kier alpha value is -1.67. The summed E-state index contributed by atoms with van der Waals surface area (Å²) in [6.45, 7) is 3.18. The van der Waals surface area contributed by atoms with Crippen molar-refractivity contribution in [3.8, 4) is 0 Å². The summed E-state index contributed by atoms with van der Waals surface area (Å²) in [4.78, 5) is 4.34. The number of fused-ring (bicyclic) bond motifs is 1. The summed E-state index contributed by atoms with van der Waals surface area (Å²) in [5.74, 6) is 0. The normalized spacial score (nSPS) is 16.2. The van der Waals surface area contributed by atoms with Crippen molar-refractivity contribution in [2.45, 2.75) is 25.8 Å². The van der Waals surface area contributed by atoms with Gasteiger partial charge in [-0.1, -0.05) is 23.8 Å². The molecule has 3 rings (SSSR count). The lowest BCUT2D eigenvalue weighted by Gasteiger charge is -2.04. The number of rotatable bonds is 4. The third kappa shape index (κ3) is 2.77. The number of pyridine rings is 1. The number of hydrogen-bond donors (Lipinski definition) is 1. The van der Waals surface area contributed by atoms with E-state index in [1.165, 1.54) is 29.4 Å². The molecule has 0 unspecified atom stereocenters. The maximum Gasteiger partial charge on any atom is 0.0702 e. The SMILES string of the molecule is CC(=Cc1ccc2ncccc2c1)CNC1CC1. The van der Waals surface area contributed by atoms with Gasteiger partial charge >= 0.3 is 0 Å². The Kier molecular flexibility index (Phi) is 3.11. The zero-order valence-corrected chi connectivity index (χ0v) is 10.7. The molecular weight excluding hydrogens is 220 g/mol. The molecule has 1 aliphatic rings. The molecule has 2 heteroatoms. The highest BCUT2D eigenvalue weighted by Gasteiger charge is 2.19. The molecule has 0 radical (unpaired) electrons. The van der Waals surface area contributed by atoms with E-state index < -0.39 is 0 Å². The average molecular weight is 238 g/mol. The molecule has 1 aliphatic carbocycles. The van der Waals surface area contributed by atoms with E-state index in [0.717, 1.165) is 18.1 Å². The largest absolute Gasteiger partial charge is 0.310 e. The van der Waals surface area contributed by atoms with Crippen molar-refractivity contribution < 1.29 is 0 Å². The first-order valence-corrected chi connectivity index (χ1v) is 6.56. The fourth-order valence-corrected chi connectivity index (χ4v) is 2.11. The van der Waals surface area contributed by atoms with Crippen LogP contribution in [0.3, 0.4) is 0 Å². The Morgan fingerprint density at radius 3 is 3.11 bits per heavy atom. The van der Waals surface area contributed by atoms with Gasteiger partial charge in [-0.15, -0.1) is 0 Å². The quantitative estimate of drug-likeness (QED) is 0.883. The van der Waals surface area contributed by atoms with Crippen LogP contribution in [0.4, 0.5) is 0 Å². The second-order valence-electron chi connectivity index (χ2n) is 5.10. The zero-order valence-electron chi connectivity index (χ0n) is 10.7. The van der Waals surface area contributed by atoms with E-state index in [1.807, 2.05) is 12.3 Å². The predicted octanol–water partition coefficient (Wildman–Crippen LogP) is 3.39. The number of benzene rings is 1. The topological polar surface area (TPSA) is 24.9 Å². The molecule has 1 aromatic heterocycles. The van der Waals surface area contributed by atoms with Crippen LogP contribution in [0.1, 0.15) is 25.3 Å². The fourth-order valence-electron chi connectivity index (χ4n) is 2.11. The van der Waals surface area contributed by atoms with Gasteiger partial charge < -0.3 is 5.32 Å². The third-order valence-corrected chi connectivity index (χ3v) is 3.29. The summed E-state index contributed by atoms with van der Waals surface area (Å²) in [7, 11) is 0. The molecule has 0 amide bonds. The van der Waals surface area contributed by atoms with Gasteiger partial charge in [-0.2, -0.15) is 0 Å². The van der Waals surface area contributed by atoms with Crippen LogP contribution in [0.5, 0.6) is 0 Å². The summed E-state index contributed by atoms with van der Waals surface area (Å²) >= 11 is 0. The summed E-state index contributed by atoms with van der Waals surface area (Å²) < 4.78 is 0. The van der Waals surface area contributed by atoms with Crippen LogP contribution in [0.25, 0.3) is 17.0 Å². The van der Waals surface area contributed by atoms with Crippen molar-refractivity contribution in [1.29, 1.82) is 0 Å². The molecule has 0 saturated heterocycles. The van der Waals surface area contributed by atoms with Gasteiger partial charge in [0.25, 0.3) is 0 Å². The zero-order chi connectivity index (χ0) is 12.4. The lowest BCUT2D eigenvalue weighted by Crippen LogP contribution is -2.18. The molecular formula is C16H18N2. The average Bonchev–Trinajstić information content (AvgIpc) is 3.20. The van der Waals surface area contributed by atoms with Gasteiger partial charge in [0.15, 0.2) is 0 Å². The Morgan fingerprint density at radius 2 is 2.28 bits per heavy atom. The van der Waals surface area contributed by atoms with Crippen LogP contribution in [-0.4, -0.2) is 17.6 Å². The van der Waals surface area contributed by atoms with Crippen molar-refractivity contribution in [2.75, 3.05) is 6.54 Å². The van der Waals surface area contributed by atoms with Gasteiger partial charge in [0.1, 0.15) is 0 Å². The van der Waals surface area contributed by atoms with Crippen LogP contribution in [-0.2, 0) is 0 Å². The number of nitrogens with one attached hydrogen (secondary N) is 1. The van der Waals surface area contributed by atoms with E-state index in [1.54, 1.807) is 0 Å². The van der Waals surface area contributed by atoms with E-state index in [9.17, 15) is 0 Å². The minimum atomic E-state index is 0.772. The standard InChI is InChI=1S/C16H18N2/c1-12(11-18-15-5-6-15)9-13-4-7-16-14(10-13)3-2-8-17-16/h2-4,7-10,15,18H,5-6,11H2,1H3. The van der Waals surface area contributed by atoms with Crippen molar-refractivity contribution >= 4 is 17.0 Å². The first-order chi connectivity index (χ1) is 8.81. The second kappa shape index (κ2) is 4.91. The molecule has 92 valence electrons. The second-order valence-corrected chi connectivity index (χ2v) is 5.10. The van der Waals surface area contributed by atoms with Crippen LogP contribution in [0, 0.1) is 0 Å². The number of hydrogen-bond acceptors (Lipinski definition) is 2. The van der Waals surface area contributed by atoms with Crippen LogP contribution in [0.2, 0.25) is 0 Å². The molecule has 2 nitrogen and oxygen atoms in total. The minimum absolute atomic E-state index is 0.772. The highest BCUT2D eigenvalue weighted by atomic mass is 14.9. The Bertz CT molecular complexity index is 582. The molecule has 2 aromatic rings. The molecule has 0 aliphatic heterocycles. The number of nitrogens with zero attached hydrogens (tertiary/aromatic N) is 1. The van der Waals surface area contributed by atoms with Gasteiger partial charge in [0, 0.05) is 24.2 Å². The van der Waals surface area contributed by atoms with E-state index >= 15 is 0 Å². The van der Waals surface area contributed by atoms with Crippen LogP contribution < -0.4 is 5.32 Å². The summed E-state index contributed by atoms with van der Waals surface area (Å²) in [6.07, 6.45) is 6.77. The Balaban J connectivity index is 1.77. The van der Waals surface area contributed by atoms with Crippen LogP contribution in [0.15, 0.2) is 42.1 Å². The minimum Gasteiger partial charge on any atom is -0.310 e. The first-order valence-electron chi connectivity index (χ1n) is 6.56. The molecule has 1 N–H and O–H groups in total. The van der Waals surface area contributed by atoms with Crippen molar-refractivity contribution in [3.63, 3.8) is 0 Å². The Labute approximate surface area is 108 Å². The molecule has 1 fully saturated rings. The lowest BCUT2D eigenvalue weighted by molar-refractivity contribution is 0.736. The van der Waals surface area contributed by atoms with Crippen molar-refractivity contribution in [1.82, 2.24) is 10.3 Å². The van der Waals surface area contributed by atoms with Gasteiger partial charge in [-0.3, -0.25) is 4.98 Å². The van der Waals surface area contributed by atoms with Crippen molar-refractivity contribution in [2.24, 2.45) is 0 Å². The van der Waals surface area contributed by atoms with Gasteiger partial charge in [-0.05, 0) is 43.5 Å². The van der Waals surface area contributed by atoms with Gasteiger partial charge in [-0.25, -0.2) is 0 Å². The van der Waals surface area contributed by atoms with Crippen LogP contribution >= 0.6 is 0 Å². The van der Waals surface area contributed by atoms with Crippen molar-refractivity contribution in [3.05, 3.63) is 47.7 Å². The molecule has 1 saturated carbocycles. The highest BCUT2D eigenvalue weighted by Crippen LogP contribution is 2.19. The summed E-state index contributed by atoms with van der Waals surface area (Å²) in [5.41, 5.74) is 3.69. The molecule has 18 heavy (non-hydrogen) atoms. The van der Waals surface area contributed by atoms with E-state index in [-0.39, 0.29) is 0 Å². The third-order valence-electron chi connectivity index (χ3n) is 3.29. The summed E-state index contributed by atoms with van der Waals surface area (Å²) in [5, 5.41) is 4.74. The van der Waals surface area contributed by atoms with E-state index in [0.29, 0.717) is 0 Å². The molecule has 1 heterocycles. The van der Waals surface area contributed by atoms with Gasteiger partial charge in [0.2, 0.25) is 0 Å². The highest BCUT2D eigenvalue weighted by molar-refractivity contribution is 5.81. The molecule has 0 spiro atoms. The number of aromatic nitrogens is 1. The Morgan fingerprint density at radius 1 is 1.39 bits per heavy atom. The van der Waals surface area contributed by atoms with E-state index in [2.05, 4.69) is 47.6 Å². The fraction of sp³-hybridized carbons (Fsp3) is 0.312. The maximum absolute atomic E-state index is 4.34. The predicted molar refractivity (Wildman–Crippen MR) is 76.4 cm³/mol. The van der Waals surface area contributed by atoms with E-state index in [4.69, 9.17) is 0 Å². The summed E-state index contributed by atoms with van der Waals surface area (Å²) in [6, 6.07) is 11.3. The maximum atomic E-state index is 4.34. The molecule has 0 bridgehead atoms. The smallest absolute Gasteiger partial charge is 0.0702 e. The molecule has 0 atom stereocenters. The lowest BCUT2D eigenvalue weighted by atomic mass is 10.1. The van der Waals surface area contributed by atoms with Gasteiger partial charge in [0.05, 0.1) is 5.52 Å². The first kappa shape index (κ1) is 11.4.